The zero-order valence-electron chi connectivity index (χ0n) is 16.1. The van der Waals surface area contributed by atoms with Gasteiger partial charge in [0, 0.05) is 6.04 Å². The second kappa shape index (κ2) is 8.41. The number of aromatic nitrogens is 2. The van der Waals surface area contributed by atoms with Gasteiger partial charge in [-0.1, -0.05) is 31.9 Å². The molecule has 0 bridgehead atoms. The Morgan fingerprint density at radius 1 is 1.21 bits per heavy atom. The zero-order chi connectivity index (χ0) is 20.3. The molecule has 0 aliphatic heterocycles. The van der Waals surface area contributed by atoms with Crippen LogP contribution in [-0.2, 0) is 20.9 Å². The van der Waals surface area contributed by atoms with E-state index in [1.165, 1.54) is 19.1 Å². The van der Waals surface area contributed by atoms with Crippen LogP contribution in [0.2, 0.25) is 0 Å². The summed E-state index contributed by atoms with van der Waals surface area (Å²) in [4.78, 5) is 49.1. The molecule has 8 heteroatoms. The molecule has 0 saturated heterocycles. The third-order valence-electron chi connectivity index (χ3n) is 5.29. The first-order valence-corrected chi connectivity index (χ1v) is 9.58. The van der Waals surface area contributed by atoms with Crippen LogP contribution in [0.25, 0.3) is 10.8 Å². The highest BCUT2D eigenvalue weighted by Crippen LogP contribution is 2.23. The van der Waals surface area contributed by atoms with Gasteiger partial charge in [-0.3, -0.25) is 24.3 Å². The van der Waals surface area contributed by atoms with Crippen molar-refractivity contribution in [2.45, 2.75) is 58.2 Å². The first kappa shape index (κ1) is 19.9. The van der Waals surface area contributed by atoms with Gasteiger partial charge in [0.1, 0.15) is 6.54 Å². The predicted octanol–water partition coefficient (Wildman–Crippen LogP) is 1.32. The van der Waals surface area contributed by atoms with Gasteiger partial charge in [0.15, 0.2) is 6.10 Å². The lowest BCUT2D eigenvalue weighted by Crippen LogP contribution is -2.46. The molecule has 1 aromatic carbocycles. The van der Waals surface area contributed by atoms with Crippen molar-refractivity contribution in [2.24, 2.45) is 5.92 Å². The van der Waals surface area contributed by atoms with E-state index in [-0.39, 0.29) is 22.7 Å². The van der Waals surface area contributed by atoms with Crippen LogP contribution in [0, 0.1) is 5.92 Å². The molecule has 1 heterocycles. The van der Waals surface area contributed by atoms with E-state index in [1.807, 2.05) is 0 Å². The molecule has 2 N–H and O–H groups in total. The first-order chi connectivity index (χ1) is 13.4. The largest absolute Gasteiger partial charge is 0.451 e. The summed E-state index contributed by atoms with van der Waals surface area (Å²) in [5, 5.41) is 5.79. The van der Waals surface area contributed by atoms with Gasteiger partial charge in [-0.25, -0.2) is 4.68 Å². The second-order valence-electron chi connectivity index (χ2n) is 7.39. The molecule has 3 atom stereocenters. The lowest BCUT2D eigenvalue weighted by atomic mass is 9.86. The lowest BCUT2D eigenvalue weighted by molar-refractivity contribution is -0.156. The molecule has 28 heavy (non-hydrogen) atoms. The van der Waals surface area contributed by atoms with E-state index in [4.69, 9.17) is 4.74 Å². The Morgan fingerprint density at radius 2 is 1.89 bits per heavy atom. The lowest BCUT2D eigenvalue weighted by Gasteiger charge is -2.30. The van der Waals surface area contributed by atoms with Gasteiger partial charge in [-0.15, -0.1) is 0 Å². The van der Waals surface area contributed by atoms with Crippen LogP contribution in [-0.4, -0.2) is 33.8 Å². The van der Waals surface area contributed by atoms with Crippen molar-refractivity contribution in [2.75, 3.05) is 0 Å². The average Bonchev–Trinajstić information content (AvgIpc) is 2.67. The number of fused-ring (bicyclic) bond motifs is 1. The maximum Gasteiger partial charge on any atom is 0.328 e. The number of H-pyrrole nitrogens is 1. The van der Waals surface area contributed by atoms with Crippen molar-refractivity contribution < 1.29 is 14.3 Å². The van der Waals surface area contributed by atoms with Crippen LogP contribution < -0.4 is 16.4 Å². The summed E-state index contributed by atoms with van der Waals surface area (Å²) in [5.74, 6) is -0.735. The highest BCUT2D eigenvalue weighted by atomic mass is 16.5. The second-order valence-corrected chi connectivity index (χ2v) is 7.39. The van der Waals surface area contributed by atoms with Gasteiger partial charge in [0.2, 0.25) is 0 Å². The molecule has 0 unspecified atom stereocenters. The summed E-state index contributed by atoms with van der Waals surface area (Å²) < 4.78 is 6.07. The molecule has 1 amide bonds. The normalized spacial score (nSPS) is 20.5. The fourth-order valence-corrected chi connectivity index (χ4v) is 3.61. The Balaban J connectivity index is 1.64. The van der Waals surface area contributed by atoms with E-state index in [2.05, 4.69) is 17.3 Å². The Bertz CT molecular complexity index is 993. The monoisotopic (exact) mass is 387 g/mol. The number of nitrogens with one attached hydrogen (secondary N) is 2. The SMILES string of the molecule is C[C@H](OC(=O)Cn1[nH]c(=O)c2ccccc2c1=O)C(=O)N[C@@H]1CCCC[C@H]1C. The number of ether oxygens (including phenoxy) is 1. The van der Waals surface area contributed by atoms with Crippen LogP contribution in [0.4, 0.5) is 0 Å². The fraction of sp³-hybridized carbons (Fsp3) is 0.500. The summed E-state index contributed by atoms with van der Waals surface area (Å²) in [5.41, 5.74) is -0.972. The number of nitrogens with zero attached hydrogens (tertiary/aromatic N) is 1. The first-order valence-electron chi connectivity index (χ1n) is 9.58. The number of aromatic amines is 1. The summed E-state index contributed by atoms with van der Waals surface area (Å²) in [6.45, 7) is 3.12. The quantitative estimate of drug-likeness (QED) is 0.752. The van der Waals surface area contributed by atoms with E-state index in [9.17, 15) is 19.2 Å². The van der Waals surface area contributed by atoms with Crippen LogP contribution in [0.3, 0.4) is 0 Å². The summed E-state index contributed by atoms with van der Waals surface area (Å²) in [6, 6.07) is 6.45. The van der Waals surface area contributed by atoms with Gasteiger partial charge >= 0.3 is 5.97 Å². The maximum absolute atomic E-state index is 12.4. The summed E-state index contributed by atoms with van der Waals surface area (Å²) in [6.07, 6.45) is 3.24. The standard InChI is InChI=1S/C20H25N3O5/c1-12-7-3-6-10-16(12)21-18(25)13(2)28-17(24)11-23-20(27)15-9-5-4-8-14(15)19(26)22-23/h4-5,8-9,12-13,16H,3,6-7,10-11H2,1-2H3,(H,21,25)(H,22,26)/t12-,13+,16-/m1/s1. The van der Waals surface area contributed by atoms with Crippen molar-refractivity contribution in [1.82, 2.24) is 15.1 Å². The highest BCUT2D eigenvalue weighted by Gasteiger charge is 2.26. The number of hydrogen-bond acceptors (Lipinski definition) is 5. The molecule has 2 aromatic rings. The molecule has 8 nitrogen and oxygen atoms in total. The number of amides is 1. The smallest absolute Gasteiger partial charge is 0.328 e. The Morgan fingerprint density at radius 3 is 2.61 bits per heavy atom. The minimum atomic E-state index is -0.982. The molecular formula is C20H25N3O5. The molecule has 1 aliphatic carbocycles. The van der Waals surface area contributed by atoms with Crippen molar-refractivity contribution in [1.29, 1.82) is 0 Å². The number of carbonyl (C=O) groups is 2. The minimum Gasteiger partial charge on any atom is -0.451 e. The maximum atomic E-state index is 12.4. The zero-order valence-corrected chi connectivity index (χ0v) is 16.1. The van der Waals surface area contributed by atoms with Crippen molar-refractivity contribution in [3.05, 3.63) is 45.0 Å². The van der Waals surface area contributed by atoms with Gasteiger partial charge in [-0.2, -0.15) is 0 Å². The van der Waals surface area contributed by atoms with Gasteiger partial charge in [0.05, 0.1) is 10.8 Å². The van der Waals surface area contributed by atoms with E-state index in [1.54, 1.807) is 12.1 Å². The van der Waals surface area contributed by atoms with Crippen molar-refractivity contribution in [3.63, 3.8) is 0 Å². The number of benzene rings is 1. The number of esters is 1. The molecule has 1 aliphatic rings. The Labute approximate surface area is 161 Å². The predicted molar refractivity (Wildman–Crippen MR) is 104 cm³/mol. The van der Waals surface area contributed by atoms with E-state index >= 15 is 0 Å². The van der Waals surface area contributed by atoms with Crippen molar-refractivity contribution in [3.8, 4) is 0 Å². The molecule has 1 saturated carbocycles. The van der Waals surface area contributed by atoms with Crippen LogP contribution in [0.15, 0.2) is 33.9 Å². The molecule has 0 spiro atoms. The minimum absolute atomic E-state index is 0.0851. The highest BCUT2D eigenvalue weighted by molar-refractivity contribution is 5.84. The van der Waals surface area contributed by atoms with Crippen LogP contribution in [0.5, 0.6) is 0 Å². The van der Waals surface area contributed by atoms with E-state index in [0.717, 1.165) is 30.4 Å². The Kier molecular flexibility index (Phi) is 5.96. The van der Waals surface area contributed by atoms with Gasteiger partial charge in [-0.05, 0) is 37.8 Å². The third-order valence-corrected chi connectivity index (χ3v) is 5.29. The average molecular weight is 387 g/mol. The van der Waals surface area contributed by atoms with E-state index in [0.29, 0.717) is 5.92 Å². The summed E-state index contributed by atoms with van der Waals surface area (Å²) in [7, 11) is 0. The topological polar surface area (TPSA) is 110 Å². The number of hydrogen-bond donors (Lipinski definition) is 2. The summed E-state index contributed by atoms with van der Waals surface area (Å²) >= 11 is 0. The van der Waals surface area contributed by atoms with Crippen LogP contribution in [0.1, 0.15) is 39.5 Å². The fourth-order valence-electron chi connectivity index (χ4n) is 3.61. The van der Waals surface area contributed by atoms with Crippen LogP contribution >= 0.6 is 0 Å². The third kappa shape index (κ3) is 4.32. The molecule has 1 fully saturated rings. The molecule has 1 aromatic heterocycles. The van der Waals surface area contributed by atoms with Gasteiger partial charge < -0.3 is 10.1 Å². The van der Waals surface area contributed by atoms with Gasteiger partial charge in [0.25, 0.3) is 17.0 Å². The Hall–Kier alpha value is -2.90. The van der Waals surface area contributed by atoms with Crippen molar-refractivity contribution >= 4 is 22.6 Å². The van der Waals surface area contributed by atoms with E-state index < -0.39 is 29.7 Å². The molecule has 3 rings (SSSR count). The molecule has 150 valence electrons. The molecule has 0 radical (unpaired) electrons. The molecular weight excluding hydrogens is 362 g/mol. The number of rotatable bonds is 5. The number of carbonyl (C=O) groups excluding carboxylic acids is 2.